The van der Waals surface area contributed by atoms with Gasteiger partial charge in [0.2, 0.25) is 0 Å². The van der Waals surface area contributed by atoms with Gasteiger partial charge in [0.25, 0.3) is 5.91 Å². The molecule has 0 aromatic heterocycles. The normalized spacial score (nSPS) is 14.7. The van der Waals surface area contributed by atoms with Crippen molar-refractivity contribution in [2.75, 3.05) is 12.0 Å². The highest BCUT2D eigenvalue weighted by Gasteiger charge is 2.29. The number of nitrogens with zero attached hydrogens (tertiary/aromatic N) is 1. The van der Waals surface area contributed by atoms with E-state index < -0.39 is 0 Å². The smallest absolute Gasteiger partial charge is 0.267 e. The van der Waals surface area contributed by atoms with Crippen LogP contribution in [0.25, 0.3) is 21.5 Å². The average molecular weight is 596 g/mol. The lowest BCUT2D eigenvalue weighted by atomic mass is 10.0. The molecule has 0 spiro atoms. The molecule has 6 nitrogen and oxygen atoms in total. The number of methoxy groups -OCH3 is 1. The standard InChI is InChI=1S/C39H37N3O3/c1-45-38-22-28-10-3-2-9-27(28)20-31(38)25-42(24-30-13-6-11-26-8-4-5-15-35(26)30)34-14-7-12-29(21-34)37(43)23-36(40-32-16-17-32)39(44)41-33-18-19-33/h2-15,20-23,32-33,40H,16-19,24-25H2,1H3,(H,41,44)/b36-23+. The van der Waals surface area contributed by atoms with Crippen LogP contribution in [0.4, 0.5) is 5.69 Å². The molecule has 6 heteroatoms. The van der Waals surface area contributed by atoms with Crippen LogP contribution >= 0.6 is 0 Å². The predicted octanol–water partition coefficient (Wildman–Crippen LogP) is 7.31. The van der Waals surface area contributed by atoms with Gasteiger partial charge in [0, 0.05) is 48.1 Å². The highest BCUT2D eigenvalue weighted by Crippen LogP contribution is 2.31. The second kappa shape index (κ2) is 12.5. The summed E-state index contributed by atoms with van der Waals surface area (Å²) in [6, 6.07) is 35.6. The third-order valence-corrected chi connectivity index (χ3v) is 8.62. The van der Waals surface area contributed by atoms with E-state index in [9.17, 15) is 9.59 Å². The number of ether oxygens (including phenoxy) is 1. The number of benzene rings is 5. The average Bonchev–Trinajstić information content (AvgIpc) is 4.02. The fourth-order valence-corrected chi connectivity index (χ4v) is 5.84. The van der Waals surface area contributed by atoms with Crippen molar-refractivity contribution in [1.29, 1.82) is 0 Å². The first-order valence-electron chi connectivity index (χ1n) is 15.7. The molecule has 7 rings (SSSR count). The fourth-order valence-electron chi connectivity index (χ4n) is 5.84. The van der Waals surface area contributed by atoms with Crippen LogP contribution in [-0.2, 0) is 17.9 Å². The van der Waals surface area contributed by atoms with Crippen LogP contribution in [0.3, 0.4) is 0 Å². The van der Waals surface area contributed by atoms with Crippen LogP contribution in [-0.4, -0.2) is 30.9 Å². The zero-order valence-corrected chi connectivity index (χ0v) is 25.5. The van der Waals surface area contributed by atoms with Gasteiger partial charge in [-0.25, -0.2) is 0 Å². The van der Waals surface area contributed by atoms with Crippen LogP contribution in [0, 0.1) is 0 Å². The van der Waals surface area contributed by atoms with Gasteiger partial charge in [-0.1, -0.05) is 78.9 Å². The molecule has 2 N–H and O–H groups in total. The van der Waals surface area contributed by atoms with Crippen LogP contribution in [0.2, 0.25) is 0 Å². The Morgan fingerprint density at radius 1 is 0.733 bits per heavy atom. The molecule has 0 unspecified atom stereocenters. The Kier molecular flexibility index (Phi) is 7.95. The Bertz CT molecular complexity index is 1920. The minimum Gasteiger partial charge on any atom is -0.496 e. The molecule has 2 aliphatic rings. The minimum atomic E-state index is -0.199. The van der Waals surface area contributed by atoms with Gasteiger partial charge in [0.05, 0.1) is 7.11 Å². The summed E-state index contributed by atoms with van der Waals surface area (Å²) in [6.07, 6.45) is 5.48. The Morgan fingerprint density at radius 3 is 2.13 bits per heavy atom. The van der Waals surface area contributed by atoms with E-state index in [1.54, 1.807) is 7.11 Å². The minimum absolute atomic E-state index is 0.195. The Hall–Kier alpha value is -5.10. The lowest BCUT2D eigenvalue weighted by molar-refractivity contribution is -0.118. The van der Waals surface area contributed by atoms with Gasteiger partial charge in [-0.05, 0) is 77.1 Å². The summed E-state index contributed by atoms with van der Waals surface area (Å²) < 4.78 is 5.87. The zero-order chi connectivity index (χ0) is 30.8. The first-order valence-corrected chi connectivity index (χ1v) is 15.7. The zero-order valence-electron chi connectivity index (χ0n) is 25.5. The summed E-state index contributed by atoms with van der Waals surface area (Å²) in [4.78, 5) is 28.9. The fraction of sp³-hybridized carbons (Fsp3) is 0.231. The van der Waals surface area contributed by atoms with Crippen molar-refractivity contribution < 1.29 is 14.3 Å². The van der Waals surface area contributed by atoms with Crippen molar-refractivity contribution in [3.8, 4) is 5.75 Å². The molecule has 0 aliphatic heterocycles. The molecular formula is C39H37N3O3. The molecule has 0 bridgehead atoms. The van der Waals surface area contributed by atoms with E-state index >= 15 is 0 Å². The van der Waals surface area contributed by atoms with Crippen molar-refractivity contribution in [3.05, 3.63) is 132 Å². The quantitative estimate of drug-likeness (QED) is 0.117. The summed E-state index contributed by atoms with van der Waals surface area (Å²) >= 11 is 0. The lowest BCUT2D eigenvalue weighted by Gasteiger charge is -2.27. The van der Waals surface area contributed by atoms with Crippen LogP contribution in [0.15, 0.2) is 115 Å². The van der Waals surface area contributed by atoms with Crippen LogP contribution in [0.1, 0.15) is 47.2 Å². The van der Waals surface area contributed by atoms with E-state index in [4.69, 9.17) is 4.74 Å². The number of hydrogen-bond acceptors (Lipinski definition) is 5. The Balaban J connectivity index is 1.25. The number of nitrogens with one attached hydrogen (secondary N) is 2. The topological polar surface area (TPSA) is 70.7 Å². The van der Waals surface area contributed by atoms with Crippen molar-refractivity contribution in [1.82, 2.24) is 10.6 Å². The molecule has 0 heterocycles. The molecule has 0 radical (unpaired) electrons. The van der Waals surface area contributed by atoms with Gasteiger partial charge < -0.3 is 20.3 Å². The van der Waals surface area contributed by atoms with Gasteiger partial charge in [0.1, 0.15) is 11.4 Å². The molecule has 0 saturated heterocycles. The lowest BCUT2D eigenvalue weighted by Crippen LogP contribution is -2.34. The molecule has 1 amide bonds. The molecule has 5 aromatic carbocycles. The number of hydrogen-bond donors (Lipinski definition) is 2. The van der Waals surface area contributed by atoms with Crippen LogP contribution in [0.5, 0.6) is 5.75 Å². The molecule has 226 valence electrons. The third-order valence-electron chi connectivity index (χ3n) is 8.62. The molecule has 2 aliphatic carbocycles. The number of fused-ring (bicyclic) bond motifs is 2. The highest BCUT2D eigenvalue weighted by molar-refractivity contribution is 6.09. The van der Waals surface area contributed by atoms with Gasteiger partial charge >= 0.3 is 0 Å². The summed E-state index contributed by atoms with van der Waals surface area (Å²) in [7, 11) is 1.71. The maximum Gasteiger partial charge on any atom is 0.267 e. The van der Waals surface area contributed by atoms with Crippen molar-refractivity contribution in [3.63, 3.8) is 0 Å². The summed E-state index contributed by atoms with van der Waals surface area (Å²) in [5.41, 5.74) is 4.05. The first-order chi connectivity index (χ1) is 22.0. The first kappa shape index (κ1) is 28.7. The second-order valence-corrected chi connectivity index (χ2v) is 12.1. The van der Waals surface area contributed by atoms with E-state index in [2.05, 4.69) is 82.3 Å². The van der Waals surface area contributed by atoms with Gasteiger partial charge in [-0.15, -0.1) is 0 Å². The van der Waals surface area contributed by atoms with E-state index in [0.29, 0.717) is 24.4 Å². The van der Waals surface area contributed by atoms with Crippen LogP contribution < -0.4 is 20.3 Å². The summed E-state index contributed by atoms with van der Waals surface area (Å²) in [6.45, 7) is 1.20. The maximum atomic E-state index is 13.6. The van der Waals surface area contributed by atoms with E-state index in [1.807, 2.05) is 36.4 Å². The number of ketones is 1. The third kappa shape index (κ3) is 6.70. The van der Waals surface area contributed by atoms with Gasteiger partial charge in [0.15, 0.2) is 5.78 Å². The van der Waals surface area contributed by atoms with Crippen molar-refractivity contribution in [2.45, 2.75) is 50.9 Å². The molecule has 2 fully saturated rings. The van der Waals surface area contributed by atoms with Gasteiger partial charge in [-0.3, -0.25) is 9.59 Å². The maximum absolute atomic E-state index is 13.6. The summed E-state index contributed by atoms with van der Waals surface area (Å²) in [5.74, 6) is 0.429. The number of allylic oxidation sites excluding steroid dienone is 1. The molecule has 0 atom stereocenters. The summed E-state index contributed by atoms with van der Waals surface area (Å²) in [5, 5.41) is 11.0. The molecule has 5 aromatic rings. The largest absolute Gasteiger partial charge is 0.496 e. The molecule has 2 saturated carbocycles. The van der Waals surface area contributed by atoms with Crippen molar-refractivity contribution in [2.24, 2.45) is 0 Å². The highest BCUT2D eigenvalue weighted by atomic mass is 16.5. The number of anilines is 1. The molecule has 45 heavy (non-hydrogen) atoms. The van der Waals surface area contributed by atoms with E-state index in [1.165, 1.54) is 22.4 Å². The van der Waals surface area contributed by atoms with E-state index in [-0.39, 0.29) is 23.8 Å². The Labute approximate surface area is 263 Å². The van der Waals surface area contributed by atoms with Crippen molar-refractivity contribution >= 4 is 38.9 Å². The molecular weight excluding hydrogens is 558 g/mol. The second-order valence-electron chi connectivity index (χ2n) is 12.1. The Morgan fingerprint density at radius 2 is 1.38 bits per heavy atom. The number of carbonyl (C=O) groups excluding carboxylic acids is 2. The number of rotatable bonds is 12. The van der Waals surface area contributed by atoms with Gasteiger partial charge in [-0.2, -0.15) is 0 Å². The number of carbonyl (C=O) groups is 2. The van der Waals surface area contributed by atoms with E-state index in [0.717, 1.165) is 53.5 Å². The SMILES string of the molecule is COc1cc2ccccc2cc1CN(Cc1cccc2ccccc12)c1cccc(C(=O)/C=C(/NC2CC2)C(=O)NC2CC2)c1. The monoisotopic (exact) mass is 595 g/mol. The number of amides is 1. The predicted molar refractivity (Wildman–Crippen MR) is 181 cm³/mol.